The highest BCUT2D eigenvalue weighted by Gasteiger charge is 2.64. The lowest BCUT2D eigenvalue weighted by molar-refractivity contribution is -0.138. The van der Waals surface area contributed by atoms with Crippen molar-refractivity contribution in [3.05, 3.63) is 76.8 Å². The molecule has 5 rings (SSSR count). The second kappa shape index (κ2) is 11.9. The van der Waals surface area contributed by atoms with Gasteiger partial charge in [-0.1, -0.05) is 29.8 Å². The molecule has 2 heterocycles. The Bertz CT molecular complexity index is 1720. The van der Waals surface area contributed by atoms with E-state index < -0.39 is 33.6 Å². The summed E-state index contributed by atoms with van der Waals surface area (Å²) in [5, 5.41) is 0.273. The van der Waals surface area contributed by atoms with E-state index in [1.54, 1.807) is 49.3 Å². The second-order valence-electron chi connectivity index (χ2n) is 10.7. The maximum absolute atomic E-state index is 15.3. The van der Waals surface area contributed by atoms with Gasteiger partial charge in [0.1, 0.15) is 22.1 Å². The Morgan fingerprint density at radius 2 is 1.64 bits per heavy atom. The molecule has 11 nitrogen and oxygen atoms in total. The van der Waals surface area contributed by atoms with Crippen LogP contribution in [0.5, 0.6) is 17.2 Å². The monoisotopic (exact) mass is 643 g/mol. The molecule has 0 aliphatic carbocycles. The van der Waals surface area contributed by atoms with Gasteiger partial charge in [-0.05, 0) is 42.8 Å². The number of sulfonamides is 1. The van der Waals surface area contributed by atoms with Crippen LogP contribution >= 0.6 is 11.6 Å². The Morgan fingerprint density at radius 1 is 0.932 bits per heavy atom. The smallest absolute Gasteiger partial charge is 0.274 e. The topological polar surface area (TPSA) is 115 Å². The van der Waals surface area contributed by atoms with Crippen LogP contribution in [0.2, 0.25) is 5.02 Å². The number of carbonyl (C=O) groups excluding carboxylic acids is 2. The first-order chi connectivity index (χ1) is 21.0. The fraction of sp³-hybridized carbons (Fsp3) is 0.355. The van der Waals surface area contributed by atoms with Crippen molar-refractivity contribution in [2.45, 2.75) is 29.0 Å². The minimum Gasteiger partial charge on any atom is -0.497 e. The van der Waals surface area contributed by atoms with Crippen LogP contribution in [0.3, 0.4) is 0 Å². The zero-order chi connectivity index (χ0) is 32.0. The van der Waals surface area contributed by atoms with E-state index in [4.69, 9.17) is 30.5 Å². The van der Waals surface area contributed by atoms with Crippen LogP contribution < -0.4 is 18.5 Å². The molecular formula is C31H34ClN3O8S. The number of fused-ring (bicyclic) bond motifs is 1. The summed E-state index contributed by atoms with van der Waals surface area (Å²) in [6.07, 6.45) is -0.162. The normalized spacial score (nSPS) is 21.7. The van der Waals surface area contributed by atoms with Gasteiger partial charge in [-0.2, -0.15) is 0 Å². The number of hydrogen-bond acceptors (Lipinski definition) is 9. The van der Waals surface area contributed by atoms with Crippen LogP contribution in [0.1, 0.15) is 17.5 Å². The molecular weight excluding hydrogens is 610 g/mol. The Morgan fingerprint density at radius 3 is 2.27 bits per heavy atom. The molecule has 2 aliphatic heterocycles. The number of amides is 2. The first-order valence-corrected chi connectivity index (χ1v) is 15.5. The average Bonchev–Trinajstić information content (AvgIpc) is 3.57. The minimum absolute atomic E-state index is 0.0104. The van der Waals surface area contributed by atoms with Crippen molar-refractivity contribution in [3.8, 4) is 17.2 Å². The SMILES string of the molecule is COc1ccc(S(=O)(=O)N2C(=O)C(c3ccccc3OC)(N3CC(OC)CC3C(=O)N(C)C)c3cc(Cl)ccc32)c(OC)c1. The summed E-state index contributed by atoms with van der Waals surface area (Å²) < 4.78 is 52.2. The van der Waals surface area contributed by atoms with Crippen LogP contribution in [0, 0.1) is 0 Å². The van der Waals surface area contributed by atoms with E-state index in [1.165, 1.54) is 63.7 Å². The summed E-state index contributed by atoms with van der Waals surface area (Å²) in [7, 11) is 4.42. The van der Waals surface area contributed by atoms with E-state index in [-0.39, 0.29) is 45.8 Å². The molecule has 3 atom stereocenters. The lowest BCUT2D eigenvalue weighted by atomic mass is 9.80. The molecule has 0 spiro atoms. The Labute approximate surface area is 261 Å². The van der Waals surface area contributed by atoms with E-state index in [2.05, 4.69) is 0 Å². The Kier molecular flexibility index (Phi) is 8.56. The van der Waals surface area contributed by atoms with E-state index in [0.717, 1.165) is 4.31 Å². The Hall–Kier alpha value is -3.84. The van der Waals surface area contributed by atoms with E-state index in [1.807, 2.05) is 0 Å². The average molecular weight is 644 g/mol. The molecule has 44 heavy (non-hydrogen) atoms. The van der Waals surface area contributed by atoms with Gasteiger partial charge in [-0.25, -0.2) is 12.7 Å². The van der Waals surface area contributed by atoms with Gasteiger partial charge in [-0.15, -0.1) is 0 Å². The number of nitrogens with zero attached hydrogens (tertiary/aromatic N) is 3. The second-order valence-corrected chi connectivity index (χ2v) is 12.8. The van der Waals surface area contributed by atoms with Crippen LogP contribution in [0.4, 0.5) is 5.69 Å². The predicted molar refractivity (Wildman–Crippen MR) is 164 cm³/mol. The third kappa shape index (κ3) is 4.76. The fourth-order valence-electron chi connectivity index (χ4n) is 6.18. The third-order valence-corrected chi connectivity index (χ3v) is 10.2. The molecule has 234 valence electrons. The summed E-state index contributed by atoms with van der Waals surface area (Å²) in [6, 6.07) is 14.8. The van der Waals surface area contributed by atoms with Crippen molar-refractivity contribution in [1.82, 2.24) is 9.80 Å². The fourth-order valence-corrected chi connectivity index (χ4v) is 7.95. The molecule has 0 saturated carbocycles. The molecule has 3 aromatic carbocycles. The van der Waals surface area contributed by atoms with Crippen molar-refractivity contribution in [2.75, 3.05) is 53.4 Å². The summed E-state index contributed by atoms with van der Waals surface area (Å²) in [5.41, 5.74) is -1.14. The molecule has 1 fully saturated rings. The lowest BCUT2D eigenvalue weighted by Crippen LogP contribution is -2.59. The number of hydrogen-bond donors (Lipinski definition) is 0. The van der Waals surface area contributed by atoms with Crippen molar-refractivity contribution < 1.29 is 37.0 Å². The standard InChI is InChI=1S/C31H34ClN3O8S/c1-33(2)29(36)25-16-21(41-4)18-34(25)31(22-9-7-8-10-26(22)42-5)23-15-19(32)11-13-24(23)35(30(31)37)44(38,39)28-14-12-20(40-3)17-27(28)43-6/h7-15,17,21,25H,16,18H2,1-6H3. The number of carbonyl (C=O) groups is 2. The van der Waals surface area contributed by atoms with Crippen molar-refractivity contribution in [1.29, 1.82) is 0 Å². The summed E-state index contributed by atoms with van der Waals surface area (Å²) >= 11 is 6.57. The zero-order valence-electron chi connectivity index (χ0n) is 25.2. The summed E-state index contributed by atoms with van der Waals surface area (Å²) in [6.45, 7) is 0.135. The molecule has 3 aromatic rings. The highest BCUT2D eigenvalue weighted by Crippen LogP contribution is 2.55. The van der Waals surface area contributed by atoms with Gasteiger partial charge >= 0.3 is 0 Å². The first-order valence-electron chi connectivity index (χ1n) is 13.7. The number of anilines is 1. The number of likely N-dealkylation sites (tertiary alicyclic amines) is 1. The lowest BCUT2D eigenvalue weighted by Gasteiger charge is -2.42. The number of likely N-dealkylation sites (N-methyl/N-ethyl adjacent to an activating group) is 1. The van der Waals surface area contributed by atoms with Crippen molar-refractivity contribution >= 4 is 39.1 Å². The van der Waals surface area contributed by atoms with Crippen LogP contribution in [0.25, 0.3) is 0 Å². The number of benzene rings is 3. The molecule has 1 saturated heterocycles. The maximum atomic E-state index is 15.3. The van der Waals surface area contributed by atoms with Gasteiger partial charge in [0, 0.05) is 50.0 Å². The van der Waals surface area contributed by atoms with Gasteiger partial charge < -0.3 is 23.8 Å². The van der Waals surface area contributed by atoms with Crippen molar-refractivity contribution in [2.24, 2.45) is 0 Å². The number of rotatable bonds is 9. The number of halogens is 1. The number of methoxy groups -OCH3 is 4. The molecule has 2 aliphatic rings. The molecule has 0 aromatic heterocycles. The molecule has 3 unspecified atom stereocenters. The largest absolute Gasteiger partial charge is 0.497 e. The van der Waals surface area contributed by atoms with Crippen LogP contribution in [0.15, 0.2) is 65.6 Å². The summed E-state index contributed by atoms with van der Waals surface area (Å²) in [5.74, 6) is -0.413. The van der Waals surface area contributed by atoms with Gasteiger partial charge in [0.25, 0.3) is 15.9 Å². The highest BCUT2D eigenvalue weighted by atomic mass is 35.5. The van der Waals surface area contributed by atoms with Crippen molar-refractivity contribution in [3.63, 3.8) is 0 Å². The molecule has 0 radical (unpaired) electrons. The highest BCUT2D eigenvalue weighted by molar-refractivity contribution is 7.93. The summed E-state index contributed by atoms with van der Waals surface area (Å²) in [4.78, 5) is 32.0. The zero-order valence-corrected chi connectivity index (χ0v) is 26.8. The molecule has 2 amide bonds. The number of para-hydroxylation sites is 1. The van der Waals surface area contributed by atoms with Gasteiger partial charge in [0.15, 0.2) is 5.54 Å². The maximum Gasteiger partial charge on any atom is 0.274 e. The predicted octanol–water partition coefficient (Wildman–Crippen LogP) is 3.52. The van der Waals surface area contributed by atoms with E-state index >= 15 is 4.79 Å². The van der Waals surface area contributed by atoms with Crippen LogP contribution in [-0.2, 0) is 29.9 Å². The first kappa shape index (κ1) is 31.6. The number of ether oxygens (including phenoxy) is 4. The minimum atomic E-state index is -4.62. The third-order valence-electron chi connectivity index (χ3n) is 8.20. The molecule has 13 heteroatoms. The van der Waals surface area contributed by atoms with Crippen LogP contribution in [-0.4, -0.2) is 91.3 Å². The molecule has 0 bridgehead atoms. The van der Waals surface area contributed by atoms with Gasteiger partial charge in [0.2, 0.25) is 5.91 Å². The van der Waals surface area contributed by atoms with Gasteiger partial charge in [-0.3, -0.25) is 14.5 Å². The van der Waals surface area contributed by atoms with E-state index in [9.17, 15) is 13.2 Å². The quantitative estimate of drug-likeness (QED) is 0.345. The van der Waals surface area contributed by atoms with E-state index in [0.29, 0.717) is 17.1 Å². The Balaban J connectivity index is 1.86. The van der Waals surface area contributed by atoms with Gasteiger partial charge in [0.05, 0.1) is 39.2 Å². The molecule has 0 N–H and O–H groups in total.